The van der Waals surface area contributed by atoms with E-state index in [1.165, 1.54) is 24.6 Å². The van der Waals surface area contributed by atoms with Gasteiger partial charge < -0.3 is 5.73 Å². The Hall–Kier alpha value is -1.36. The van der Waals surface area contributed by atoms with E-state index < -0.39 is 5.91 Å². The van der Waals surface area contributed by atoms with Gasteiger partial charge in [-0.15, -0.1) is 0 Å². The molecular weight excluding hydrogens is 146 g/mol. The number of aliphatic imine (C=N–C) groups is 1. The maximum Gasteiger partial charge on any atom is 0.251 e. The van der Waals surface area contributed by atoms with Gasteiger partial charge in [-0.25, -0.2) is 5.06 Å². The number of hydrogen-bond donors (Lipinski definition) is 1. The first kappa shape index (κ1) is 7.74. The second-order valence-corrected chi connectivity index (χ2v) is 2.00. The highest BCUT2D eigenvalue weighted by atomic mass is 16.7. The summed E-state index contributed by atoms with van der Waals surface area (Å²) in [6, 6.07) is 0. The number of carbonyl (C=O) groups is 1. The van der Waals surface area contributed by atoms with Crippen LogP contribution in [0.2, 0.25) is 0 Å². The minimum atomic E-state index is -0.504. The van der Waals surface area contributed by atoms with E-state index in [0.717, 1.165) is 0 Å². The number of nitrogens with two attached hydrogens (primary N) is 1. The molecule has 0 saturated carbocycles. The van der Waals surface area contributed by atoms with E-state index in [1.807, 2.05) is 0 Å². The molecule has 1 amide bonds. The number of hydroxylamine groups is 2. The molecule has 1 heterocycles. The molecule has 1 rings (SSSR count). The van der Waals surface area contributed by atoms with Crippen LogP contribution in [0.25, 0.3) is 0 Å². The summed E-state index contributed by atoms with van der Waals surface area (Å²) in [5, 5.41) is 1.42. The molecule has 0 bridgehead atoms. The molecule has 11 heavy (non-hydrogen) atoms. The summed E-state index contributed by atoms with van der Waals surface area (Å²) < 4.78 is 0. The molecule has 0 aromatic carbocycles. The number of amides is 1. The summed E-state index contributed by atoms with van der Waals surface area (Å²) >= 11 is 0. The smallest absolute Gasteiger partial charge is 0.251 e. The third-order valence-corrected chi connectivity index (χ3v) is 1.25. The van der Waals surface area contributed by atoms with Gasteiger partial charge in [-0.3, -0.25) is 14.6 Å². The highest BCUT2D eigenvalue weighted by Gasteiger charge is 2.08. The van der Waals surface area contributed by atoms with Gasteiger partial charge in [0.25, 0.3) is 5.91 Å². The van der Waals surface area contributed by atoms with Crippen LogP contribution >= 0.6 is 0 Å². The van der Waals surface area contributed by atoms with Crippen molar-refractivity contribution < 1.29 is 9.63 Å². The molecule has 0 aromatic heterocycles. The first-order chi connectivity index (χ1) is 5.24. The zero-order chi connectivity index (χ0) is 8.27. The third kappa shape index (κ3) is 1.78. The van der Waals surface area contributed by atoms with Crippen LogP contribution in [0, 0.1) is 0 Å². The molecule has 5 nitrogen and oxygen atoms in total. The lowest BCUT2D eigenvalue weighted by Gasteiger charge is -2.17. The summed E-state index contributed by atoms with van der Waals surface area (Å²) in [5.74, 6) is -0.504. The van der Waals surface area contributed by atoms with Crippen molar-refractivity contribution >= 4 is 12.1 Å². The quantitative estimate of drug-likeness (QED) is 0.571. The lowest BCUT2D eigenvalue weighted by Crippen LogP contribution is -2.25. The molecule has 60 valence electrons. The number of rotatable bonds is 2. The van der Waals surface area contributed by atoms with Gasteiger partial charge in [0, 0.05) is 12.4 Å². The van der Waals surface area contributed by atoms with Gasteiger partial charge >= 0.3 is 0 Å². The minimum absolute atomic E-state index is 0.345. The normalized spacial score (nSPS) is 16.5. The molecule has 0 saturated heterocycles. The fourth-order valence-corrected chi connectivity index (χ4v) is 0.687. The molecule has 1 aliphatic rings. The van der Waals surface area contributed by atoms with Crippen LogP contribution in [-0.2, 0) is 9.63 Å². The Balaban J connectivity index is 2.71. The predicted molar refractivity (Wildman–Crippen MR) is 39.5 cm³/mol. The number of carbonyl (C=O) groups excluding carboxylic acids is 1. The molecule has 2 N–H and O–H groups in total. The maximum atomic E-state index is 10.6. The zero-order valence-electron chi connectivity index (χ0n) is 6.15. The van der Waals surface area contributed by atoms with Crippen molar-refractivity contribution in [2.24, 2.45) is 10.7 Å². The third-order valence-electron chi connectivity index (χ3n) is 1.25. The van der Waals surface area contributed by atoms with Gasteiger partial charge in [0.15, 0.2) is 0 Å². The Kier molecular flexibility index (Phi) is 2.22. The van der Waals surface area contributed by atoms with Gasteiger partial charge in [-0.2, -0.15) is 0 Å². The second kappa shape index (κ2) is 3.16. The van der Waals surface area contributed by atoms with Gasteiger partial charge in [0.2, 0.25) is 0 Å². The Morgan fingerprint density at radius 1 is 1.91 bits per heavy atom. The molecule has 0 unspecified atom stereocenters. The van der Waals surface area contributed by atoms with E-state index in [4.69, 9.17) is 10.6 Å². The van der Waals surface area contributed by atoms with Crippen LogP contribution in [-0.4, -0.2) is 31.0 Å². The minimum Gasteiger partial charge on any atom is -0.366 e. The van der Waals surface area contributed by atoms with Crippen LogP contribution in [0.4, 0.5) is 0 Å². The Morgan fingerprint density at radius 3 is 3.18 bits per heavy atom. The largest absolute Gasteiger partial charge is 0.366 e. The summed E-state index contributed by atoms with van der Waals surface area (Å²) in [7, 11) is 1.50. The van der Waals surface area contributed by atoms with Crippen molar-refractivity contribution in [2.45, 2.75) is 0 Å². The Morgan fingerprint density at radius 2 is 2.64 bits per heavy atom. The Bertz CT molecular complexity index is 222. The van der Waals surface area contributed by atoms with Crippen LogP contribution in [0.3, 0.4) is 0 Å². The van der Waals surface area contributed by atoms with Gasteiger partial charge in [-0.1, -0.05) is 0 Å². The SMILES string of the molecule is CON1C=C(C(N)=O)C=NC1. The van der Waals surface area contributed by atoms with E-state index in [2.05, 4.69) is 4.99 Å². The van der Waals surface area contributed by atoms with Crippen molar-refractivity contribution in [3.63, 3.8) is 0 Å². The summed E-state index contributed by atoms with van der Waals surface area (Å²) in [5.41, 5.74) is 5.35. The van der Waals surface area contributed by atoms with Crippen molar-refractivity contribution in [1.29, 1.82) is 0 Å². The van der Waals surface area contributed by atoms with Crippen molar-refractivity contribution in [3.8, 4) is 0 Å². The molecule has 0 aromatic rings. The lowest BCUT2D eigenvalue weighted by atomic mass is 10.3. The average molecular weight is 155 g/mol. The van der Waals surface area contributed by atoms with E-state index >= 15 is 0 Å². The van der Waals surface area contributed by atoms with E-state index in [9.17, 15) is 4.79 Å². The van der Waals surface area contributed by atoms with Crippen molar-refractivity contribution in [3.05, 3.63) is 11.8 Å². The van der Waals surface area contributed by atoms with Gasteiger partial charge in [0.05, 0.1) is 12.7 Å². The molecule has 0 spiro atoms. The number of hydrogen-bond acceptors (Lipinski definition) is 4. The van der Waals surface area contributed by atoms with E-state index in [-0.39, 0.29) is 0 Å². The van der Waals surface area contributed by atoms with Crippen LogP contribution in [0.1, 0.15) is 0 Å². The monoisotopic (exact) mass is 155 g/mol. The fraction of sp³-hybridized carbons (Fsp3) is 0.333. The Labute approximate surface area is 64.1 Å². The topological polar surface area (TPSA) is 67.9 Å². The van der Waals surface area contributed by atoms with Crippen LogP contribution in [0.15, 0.2) is 16.8 Å². The summed E-state index contributed by atoms with van der Waals surface area (Å²) in [6.45, 7) is 0.396. The molecule has 0 radical (unpaired) electrons. The highest BCUT2D eigenvalue weighted by Crippen LogP contribution is 2.01. The van der Waals surface area contributed by atoms with Crippen LogP contribution in [0.5, 0.6) is 0 Å². The molecule has 0 fully saturated rings. The fourth-order valence-electron chi connectivity index (χ4n) is 0.687. The summed E-state index contributed by atoms with van der Waals surface area (Å²) in [4.78, 5) is 19.2. The standard InChI is InChI=1S/C6H9N3O2/c1-11-9-3-5(6(7)10)2-8-4-9/h2-3H,4H2,1H3,(H2,7,10). The lowest BCUT2D eigenvalue weighted by molar-refractivity contribution is -0.115. The second-order valence-electron chi connectivity index (χ2n) is 2.00. The van der Waals surface area contributed by atoms with E-state index in [0.29, 0.717) is 12.2 Å². The van der Waals surface area contributed by atoms with Crippen LogP contribution < -0.4 is 5.73 Å². The number of nitrogens with zero attached hydrogens (tertiary/aromatic N) is 2. The average Bonchev–Trinajstić information content (AvgIpc) is 2.05. The molecule has 0 aliphatic carbocycles. The van der Waals surface area contributed by atoms with Crippen molar-refractivity contribution in [1.82, 2.24) is 5.06 Å². The van der Waals surface area contributed by atoms with E-state index in [1.54, 1.807) is 0 Å². The van der Waals surface area contributed by atoms with Gasteiger partial charge in [-0.05, 0) is 0 Å². The first-order valence-corrected chi connectivity index (χ1v) is 3.06. The summed E-state index contributed by atoms with van der Waals surface area (Å²) in [6.07, 6.45) is 2.94. The molecule has 0 atom stereocenters. The first-order valence-electron chi connectivity index (χ1n) is 3.06. The zero-order valence-corrected chi connectivity index (χ0v) is 6.15. The number of primary amides is 1. The van der Waals surface area contributed by atoms with Gasteiger partial charge in [0.1, 0.15) is 6.67 Å². The molecule has 1 aliphatic heterocycles. The maximum absolute atomic E-state index is 10.6. The predicted octanol–water partition coefficient (Wildman–Crippen LogP) is -0.739. The highest BCUT2D eigenvalue weighted by molar-refractivity contribution is 6.11. The molecule has 5 heteroatoms. The van der Waals surface area contributed by atoms with Crippen molar-refractivity contribution in [2.75, 3.05) is 13.8 Å². The molecular formula is C6H9N3O2.